The lowest BCUT2D eigenvalue weighted by Gasteiger charge is -2.23. The molecule has 1 aromatic heterocycles. The summed E-state index contributed by atoms with van der Waals surface area (Å²) in [6.07, 6.45) is 5.64. The molecule has 112 valence electrons. The lowest BCUT2D eigenvalue weighted by Crippen LogP contribution is -2.24. The molecule has 0 saturated carbocycles. The first-order chi connectivity index (χ1) is 10.1. The molecule has 0 spiro atoms. The molecule has 0 atom stereocenters. The van der Waals surface area contributed by atoms with Crippen LogP contribution in [0.5, 0.6) is 0 Å². The molecule has 0 fully saturated rings. The smallest absolute Gasteiger partial charge is 0.173 e. The average molecular weight is 305 g/mol. The number of hydrogen-bond donors (Lipinski definition) is 2. The van der Waals surface area contributed by atoms with Crippen molar-refractivity contribution in [3.05, 3.63) is 42.0 Å². The number of imidazole rings is 1. The number of aromatic nitrogens is 2. The van der Waals surface area contributed by atoms with Crippen molar-refractivity contribution in [2.45, 2.75) is 11.4 Å². The standard InChI is InChI=1S/C14H19N5OS/c1-18-8-7-16-12(18)9-19(2)10-5-4-6-11(21-3)13(10)14(15)17-20/h4-8,20H,9H2,1-3H3,(H2,15,17). The van der Waals surface area contributed by atoms with E-state index in [1.165, 1.54) is 0 Å². The van der Waals surface area contributed by atoms with E-state index in [1.54, 1.807) is 18.0 Å². The van der Waals surface area contributed by atoms with E-state index in [0.717, 1.165) is 22.0 Å². The lowest BCUT2D eigenvalue weighted by molar-refractivity contribution is 0.318. The predicted octanol–water partition coefficient (Wildman–Crippen LogP) is 1.87. The van der Waals surface area contributed by atoms with Crippen molar-refractivity contribution in [1.29, 1.82) is 0 Å². The lowest BCUT2D eigenvalue weighted by atomic mass is 10.1. The van der Waals surface area contributed by atoms with Gasteiger partial charge in [0.15, 0.2) is 5.84 Å². The Bertz CT molecular complexity index is 653. The van der Waals surface area contributed by atoms with Crippen molar-refractivity contribution >= 4 is 23.3 Å². The first-order valence-electron chi connectivity index (χ1n) is 6.40. The Labute approximate surface area is 128 Å². The van der Waals surface area contributed by atoms with Gasteiger partial charge in [-0.25, -0.2) is 4.98 Å². The maximum atomic E-state index is 9.03. The summed E-state index contributed by atoms with van der Waals surface area (Å²) in [5.74, 6) is 1.05. The molecule has 0 aliphatic carbocycles. The molecular formula is C14H19N5OS. The third kappa shape index (κ3) is 3.13. The first-order valence-corrected chi connectivity index (χ1v) is 7.63. The van der Waals surface area contributed by atoms with Crippen molar-refractivity contribution < 1.29 is 5.21 Å². The number of nitrogens with two attached hydrogens (primary N) is 1. The Balaban J connectivity index is 2.41. The monoisotopic (exact) mass is 305 g/mol. The second-order valence-corrected chi connectivity index (χ2v) is 5.50. The van der Waals surface area contributed by atoms with Gasteiger partial charge in [-0.05, 0) is 18.4 Å². The van der Waals surface area contributed by atoms with Crippen LogP contribution in [0.3, 0.4) is 0 Å². The van der Waals surface area contributed by atoms with E-state index in [9.17, 15) is 0 Å². The van der Waals surface area contributed by atoms with Gasteiger partial charge in [-0.3, -0.25) is 0 Å². The zero-order chi connectivity index (χ0) is 15.4. The van der Waals surface area contributed by atoms with Crippen LogP contribution in [-0.4, -0.2) is 33.9 Å². The molecule has 0 bridgehead atoms. The van der Waals surface area contributed by atoms with Gasteiger partial charge < -0.3 is 20.4 Å². The Kier molecular flexibility index (Phi) is 4.74. The van der Waals surface area contributed by atoms with E-state index < -0.39 is 0 Å². The largest absolute Gasteiger partial charge is 0.409 e. The molecule has 0 aliphatic heterocycles. The molecule has 0 radical (unpaired) electrons. The van der Waals surface area contributed by atoms with Gasteiger partial charge in [0.05, 0.1) is 12.1 Å². The second kappa shape index (κ2) is 6.53. The van der Waals surface area contributed by atoms with Crippen LogP contribution in [0, 0.1) is 0 Å². The molecule has 2 aromatic rings. The van der Waals surface area contributed by atoms with Gasteiger partial charge in [0, 0.05) is 37.1 Å². The highest BCUT2D eigenvalue weighted by Gasteiger charge is 2.16. The van der Waals surface area contributed by atoms with Crippen LogP contribution < -0.4 is 10.6 Å². The third-order valence-corrected chi connectivity index (χ3v) is 4.08. The second-order valence-electron chi connectivity index (χ2n) is 4.65. The van der Waals surface area contributed by atoms with Crippen LogP contribution in [0.4, 0.5) is 5.69 Å². The summed E-state index contributed by atoms with van der Waals surface area (Å²) in [4.78, 5) is 7.33. The molecule has 3 N–H and O–H groups in total. The fourth-order valence-corrected chi connectivity index (χ4v) is 2.79. The van der Waals surface area contributed by atoms with E-state index in [1.807, 2.05) is 54.2 Å². The number of aryl methyl sites for hydroxylation is 1. The summed E-state index contributed by atoms with van der Waals surface area (Å²) >= 11 is 1.56. The van der Waals surface area contributed by atoms with Crippen molar-refractivity contribution in [2.75, 3.05) is 18.2 Å². The normalized spacial score (nSPS) is 11.7. The van der Waals surface area contributed by atoms with Gasteiger partial charge in [-0.15, -0.1) is 11.8 Å². The fourth-order valence-electron chi connectivity index (χ4n) is 2.16. The summed E-state index contributed by atoms with van der Waals surface area (Å²) in [5.41, 5.74) is 7.49. The van der Waals surface area contributed by atoms with Gasteiger partial charge in [0.2, 0.25) is 0 Å². The highest BCUT2D eigenvalue weighted by Crippen LogP contribution is 2.29. The molecule has 0 aliphatic rings. The number of anilines is 1. The van der Waals surface area contributed by atoms with Gasteiger partial charge in [-0.2, -0.15) is 0 Å². The minimum atomic E-state index is 0.113. The van der Waals surface area contributed by atoms with Crippen molar-refractivity contribution in [3.8, 4) is 0 Å². The SMILES string of the molecule is CSc1cccc(N(C)Cc2nccn2C)c1/C(N)=N/O. The number of hydrogen-bond acceptors (Lipinski definition) is 5. The maximum Gasteiger partial charge on any atom is 0.173 e. The Morgan fingerprint density at radius 2 is 2.29 bits per heavy atom. The van der Waals surface area contributed by atoms with E-state index in [-0.39, 0.29) is 5.84 Å². The molecule has 1 aromatic carbocycles. The van der Waals surface area contributed by atoms with Gasteiger partial charge in [0.1, 0.15) is 5.82 Å². The number of amidine groups is 1. The van der Waals surface area contributed by atoms with Crippen LogP contribution >= 0.6 is 11.8 Å². The van der Waals surface area contributed by atoms with E-state index in [4.69, 9.17) is 10.9 Å². The Hall–Kier alpha value is -2.15. The number of benzene rings is 1. The molecule has 0 saturated heterocycles. The number of nitrogens with zero attached hydrogens (tertiary/aromatic N) is 4. The predicted molar refractivity (Wildman–Crippen MR) is 86.0 cm³/mol. The summed E-state index contributed by atoms with van der Waals surface area (Å²) in [5, 5.41) is 12.2. The van der Waals surface area contributed by atoms with Crippen molar-refractivity contribution in [3.63, 3.8) is 0 Å². The fraction of sp³-hybridized carbons (Fsp3) is 0.286. The van der Waals surface area contributed by atoms with E-state index in [2.05, 4.69) is 10.1 Å². The molecule has 6 nitrogen and oxygen atoms in total. The highest BCUT2D eigenvalue weighted by molar-refractivity contribution is 7.98. The highest BCUT2D eigenvalue weighted by atomic mass is 32.2. The number of rotatable bonds is 5. The van der Waals surface area contributed by atoms with Crippen LogP contribution in [0.15, 0.2) is 40.6 Å². The summed E-state index contributed by atoms with van der Waals surface area (Å²) < 4.78 is 1.97. The molecule has 1 heterocycles. The third-order valence-electron chi connectivity index (χ3n) is 3.30. The van der Waals surface area contributed by atoms with Crippen LogP contribution in [0.1, 0.15) is 11.4 Å². The van der Waals surface area contributed by atoms with Gasteiger partial charge in [-0.1, -0.05) is 11.2 Å². The Morgan fingerprint density at radius 1 is 1.52 bits per heavy atom. The zero-order valence-corrected chi connectivity index (χ0v) is 13.1. The van der Waals surface area contributed by atoms with Crippen molar-refractivity contribution in [2.24, 2.45) is 17.9 Å². The van der Waals surface area contributed by atoms with Crippen LogP contribution in [0.25, 0.3) is 0 Å². The molecule has 2 rings (SSSR count). The maximum absolute atomic E-state index is 9.03. The van der Waals surface area contributed by atoms with Crippen LogP contribution in [-0.2, 0) is 13.6 Å². The number of thioether (sulfide) groups is 1. The first kappa shape index (κ1) is 15.2. The topological polar surface area (TPSA) is 79.7 Å². The quantitative estimate of drug-likeness (QED) is 0.290. The summed E-state index contributed by atoms with van der Waals surface area (Å²) in [7, 11) is 3.92. The molecule has 0 amide bonds. The average Bonchev–Trinajstić information content (AvgIpc) is 2.90. The Morgan fingerprint density at radius 3 is 2.86 bits per heavy atom. The van der Waals surface area contributed by atoms with Gasteiger partial charge >= 0.3 is 0 Å². The minimum absolute atomic E-state index is 0.113. The van der Waals surface area contributed by atoms with E-state index in [0.29, 0.717) is 6.54 Å². The number of oxime groups is 1. The van der Waals surface area contributed by atoms with Gasteiger partial charge in [0.25, 0.3) is 0 Å². The minimum Gasteiger partial charge on any atom is -0.409 e. The summed E-state index contributed by atoms with van der Waals surface area (Å²) in [6.45, 7) is 0.632. The molecule has 0 unspecified atom stereocenters. The molecule has 21 heavy (non-hydrogen) atoms. The van der Waals surface area contributed by atoms with Crippen LogP contribution in [0.2, 0.25) is 0 Å². The zero-order valence-electron chi connectivity index (χ0n) is 12.3. The molecular weight excluding hydrogens is 286 g/mol. The molecule has 7 heteroatoms. The van der Waals surface area contributed by atoms with E-state index >= 15 is 0 Å². The van der Waals surface area contributed by atoms with Crippen molar-refractivity contribution in [1.82, 2.24) is 9.55 Å². The summed E-state index contributed by atoms with van der Waals surface area (Å²) in [6, 6.07) is 5.87.